The van der Waals surface area contributed by atoms with Crippen molar-refractivity contribution in [3.8, 4) is 17.0 Å². The van der Waals surface area contributed by atoms with E-state index in [2.05, 4.69) is 35.8 Å². The van der Waals surface area contributed by atoms with Gasteiger partial charge in [0.05, 0.1) is 12.3 Å². The van der Waals surface area contributed by atoms with Crippen LogP contribution in [0.4, 0.5) is 0 Å². The van der Waals surface area contributed by atoms with E-state index in [1.54, 1.807) is 11.3 Å². The van der Waals surface area contributed by atoms with E-state index in [0.717, 1.165) is 41.4 Å². The molecule has 0 saturated heterocycles. The Morgan fingerprint density at radius 2 is 2.15 bits per heavy atom. The molecule has 20 heavy (non-hydrogen) atoms. The first-order valence-electron chi connectivity index (χ1n) is 7.13. The van der Waals surface area contributed by atoms with E-state index in [-0.39, 0.29) is 0 Å². The monoisotopic (exact) mass is 290 g/mol. The molecule has 1 aromatic carbocycles. The van der Waals surface area contributed by atoms with Gasteiger partial charge in [-0.2, -0.15) is 0 Å². The van der Waals surface area contributed by atoms with Crippen LogP contribution in [-0.2, 0) is 13.0 Å². The Morgan fingerprint density at radius 1 is 1.30 bits per heavy atom. The average Bonchev–Trinajstić information content (AvgIpc) is 2.90. The van der Waals surface area contributed by atoms with Crippen LogP contribution in [0, 0.1) is 0 Å². The Bertz CT molecular complexity index is 551. The summed E-state index contributed by atoms with van der Waals surface area (Å²) in [6, 6.07) is 6.44. The third kappa shape index (κ3) is 3.58. The molecule has 0 spiro atoms. The minimum Gasteiger partial charge on any atom is -0.493 e. The van der Waals surface area contributed by atoms with Crippen molar-refractivity contribution < 1.29 is 4.74 Å². The number of aromatic nitrogens is 1. The summed E-state index contributed by atoms with van der Waals surface area (Å²) in [4.78, 5) is 4.69. The SMILES string of the molecule is CCCc1ccc(OCC)c(-c2csc(CNC)n2)c1. The molecule has 1 N–H and O–H groups in total. The van der Waals surface area contributed by atoms with Gasteiger partial charge in [0.25, 0.3) is 0 Å². The highest BCUT2D eigenvalue weighted by molar-refractivity contribution is 7.09. The first kappa shape index (κ1) is 15.0. The smallest absolute Gasteiger partial charge is 0.128 e. The summed E-state index contributed by atoms with van der Waals surface area (Å²) >= 11 is 1.69. The van der Waals surface area contributed by atoms with E-state index >= 15 is 0 Å². The summed E-state index contributed by atoms with van der Waals surface area (Å²) in [6.07, 6.45) is 2.24. The molecule has 2 aromatic rings. The lowest BCUT2D eigenvalue weighted by molar-refractivity contribution is 0.341. The lowest BCUT2D eigenvalue weighted by Crippen LogP contribution is -2.04. The van der Waals surface area contributed by atoms with Gasteiger partial charge in [-0.05, 0) is 38.1 Å². The molecule has 0 radical (unpaired) electrons. The molecule has 0 unspecified atom stereocenters. The summed E-state index contributed by atoms with van der Waals surface area (Å²) < 4.78 is 5.74. The summed E-state index contributed by atoms with van der Waals surface area (Å²) in [5.74, 6) is 0.925. The number of hydrogen-bond donors (Lipinski definition) is 1. The molecular formula is C16H22N2OS. The quantitative estimate of drug-likeness (QED) is 0.840. The van der Waals surface area contributed by atoms with E-state index in [1.807, 2.05) is 14.0 Å². The van der Waals surface area contributed by atoms with Crippen molar-refractivity contribution in [1.82, 2.24) is 10.3 Å². The predicted octanol–water partition coefficient (Wildman–Crippen LogP) is 3.88. The van der Waals surface area contributed by atoms with Crippen LogP contribution in [0.2, 0.25) is 0 Å². The predicted molar refractivity (Wildman–Crippen MR) is 85.5 cm³/mol. The van der Waals surface area contributed by atoms with Gasteiger partial charge in [-0.25, -0.2) is 4.98 Å². The maximum Gasteiger partial charge on any atom is 0.128 e. The normalized spacial score (nSPS) is 10.8. The maximum absolute atomic E-state index is 5.74. The molecule has 0 bridgehead atoms. The lowest BCUT2D eigenvalue weighted by Gasteiger charge is -2.10. The van der Waals surface area contributed by atoms with Crippen molar-refractivity contribution in [2.75, 3.05) is 13.7 Å². The average molecular weight is 290 g/mol. The number of thiazole rings is 1. The number of ether oxygens (including phenoxy) is 1. The zero-order valence-corrected chi connectivity index (χ0v) is 13.2. The molecule has 2 rings (SSSR count). The number of benzene rings is 1. The van der Waals surface area contributed by atoms with Crippen molar-refractivity contribution in [3.63, 3.8) is 0 Å². The van der Waals surface area contributed by atoms with E-state index in [9.17, 15) is 0 Å². The summed E-state index contributed by atoms with van der Waals surface area (Å²) in [6.45, 7) is 5.69. The molecule has 4 heteroatoms. The zero-order chi connectivity index (χ0) is 14.4. The van der Waals surface area contributed by atoms with Gasteiger partial charge in [0.2, 0.25) is 0 Å². The fourth-order valence-corrected chi connectivity index (χ4v) is 2.98. The number of rotatable bonds is 7. The maximum atomic E-state index is 5.74. The summed E-state index contributed by atoms with van der Waals surface area (Å²) in [7, 11) is 1.94. The van der Waals surface area contributed by atoms with Crippen LogP contribution >= 0.6 is 11.3 Å². The number of aryl methyl sites for hydroxylation is 1. The standard InChI is InChI=1S/C16H22N2OS/c1-4-6-12-7-8-15(19-5-2)13(9-12)14-11-20-16(18-14)10-17-3/h7-9,11,17H,4-6,10H2,1-3H3. The van der Waals surface area contributed by atoms with Gasteiger partial charge in [0.15, 0.2) is 0 Å². The number of nitrogens with one attached hydrogen (secondary N) is 1. The molecule has 0 aliphatic carbocycles. The molecule has 3 nitrogen and oxygen atoms in total. The summed E-state index contributed by atoms with van der Waals surface area (Å²) in [5.41, 5.74) is 3.46. The Morgan fingerprint density at radius 3 is 2.85 bits per heavy atom. The number of nitrogens with zero attached hydrogens (tertiary/aromatic N) is 1. The molecule has 108 valence electrons. The minimum atomic E-state index is 0.674. The van der Waals surface area contributed by atoms with E-state index in [1.165, 1.54) is 5.56 Å². The Kier molecular flexibility index (Phi) is 5.56. The van der Waals surface area contributed by atoms with Gasteiger partial charge in [-0.3, -0.25) is 0 Å². The molecule has 0 atom stereocenters. The van der Waals surface area contributed by atoms with Crippen molar-refractivity contribution in [1.29, 1.82) is 0 Å². The van der Waals surface area contributed by atoms with Gasteiger partial charge >= 0.3 is 0 Å². The van der Waals surface area contributed by atoms with Crippen LogP contribution in [0.25, 0.3) is 11.3 Å². The number of hydrogen-bond acceptors (Lipinski definition) is 4. The third-order valence-electron chi connectivity index (χ3n) is 3.04. The van der Waals surface area contributed by atoms with Crippen LogP contribution in [-0.4, -0.2) is 18.6 Å². The van der Waals surface area contributed by atoms with Gasteiger partial charge in [0, 0.05) is 17.5 Å². The Labute approximate surface area is 125 Å². The summed E-state index contributed by atoms with van der Waals surface area (Å²) in [5, 5.41) is 6.35. The van der Waals surface area contributed by atoms with Gasteiger partial charge in [-0.1, -0.05) is 19.4 Å². The topological polar surface area (TPSA) is 34.1 Å². The fraction of sp³-hybridized carbons (Fsp3) is 0.438. The molecule has 0 saturated carbocycles. The highest BCUT2D eigenvalue weighted by Gasteiger charge is 2.11. The van der Waals surface area contributed by atoms with Gasteiger partial charge < -0.3 is 10.1 Å². The van der Waals surface area contributed by atoms with Crippen LogP contribution in [0.15, 0.2) is 23.6 Å². The Hall–Kier alpha value is -1.39. The zero-order valence-electron chi connectivity index (χ0n) is 12.4. The molecule has 0 aliphatic rings. The van der Waals surface area contributed by atoms with E-state index in [0.29, 0.717) is 6.61 Å². The highest BCUT2D eigenvalue weighted by Crippen LogP contribution is 2.32. The van der Waals surface area contributed by atoms with E-state index < -0.39 is 0 Å². The van der Waals surface area contributed by atoms with Gasteiger partial charge in [0.1, 0.15) is 10.8 Å². The van der Waals surface area contributed by atoms with Crippen LogP contribution in [0.5, 0.6) is 5.75 Å². The second-order valence-electron chi connectivity index (χ2n) is 4.67. The Balaban J connectivity index is 2.36. The largest absolute Gasteiger partial charge is 0.493 e. The van der Waals surface area contributed by atoms with Gasteiger partial charge in [-0.15, -0.1) is 11.3 Å². The van der Waals surface area contributed by atoms with E-state index in [4.69, 9.17) is 9.72 Å². The molecule has 0 aliphatic heterocycles. The minimum absolute atomic E-state index is 0.674. The first-order valence-corrected chi connectivity index (χ1v) is 8.01. The molecule has 0 fully saturated rings. The lowest BCUT2D eigenvalue weighted by atomic mass is 10.0. The van der Waals surface area contributed by atoms with Crippen LogP contribution in [0.1, 0.15) is 30.8 Å². The van der Waals surface area contributed by atoms with Crippen LogP contribution < -0.4 is 10.1 Å². The third-order valence-corrected chi connectivity index (χ3v) is 3.89. The van der Waals surface area contributed by atoms with Crippen molar-refractivity contribution in [2.45, 2.75) is 33.2 Å². The van der Waals surface area contributed by atoms with Crippen LogP contribution in [0.3, 0.4) is 0 Å². The molecule has 0 amide bonds. The van der Waals surface area contributed by atoms with Crippen molar-refractivity contribution in [2.24, 2.45) is 0 Å². The first-order chi connectivity index (χ1) is 9.78. The molecule has 1 heterocycles. The second-order valence-corrected chi connectivity index (χ2v) is 5.61. The fourth-order valence-electron chi connectivity index (χ4n) is 2.17. The molecule has 1 aromatic heterocycles. The second kappa shape index (κ2) is 7.41. The molecular weight excluding hydrogens is 268 g/mol. The van der Waals surface area contributed by atoms with Crippen molar-refractivity contribution in [3.05, 3.63) is 34.2 Å². The van der Waals surface area contributed by atoms with Crippen molar-refractivity contribution >= 4 is 11.3 Å². The highest BCUT2D eigenvalue weighted by atomic mass is 32.1.